The van der Waals surface area contributed by atoms with E-state index in [-0.39, 0.29) is 0 Å². The number of benzene rings is 1. The first-order valence-electron chi connectivity index (χ1n) is 5.36. The molecule has 0 fully saturated rings. The molecule has 0 aliphatic carbocycles. The average molecular weight is 252 g/mol. The van der Waals surface area contributed by atoms with Crippen LogP contribution in [0.1, 0.15) is 11.3 Å². The van der Waals surface area contributed by atoms with Crippen LogP contribution >= 0.6 is 11.6 Å². The number of halogens is 1. The Balaban J connectivity index is 2.10. The molecule has 0 radical (unpaired) electrons. The summed E-state index contributed by atoms with van der Waals surface area (Å²) in [6.07, 6.45) is 3.57. The van der Waals surface area contributed by atoms with Crippen molar-refractivity contribution in [1.82, 2.24) is 15.0 Å². The van der Waals surface area contributed by atoms with Gasteiger partial charge in [-0.2, -0.15) is 0 Å². The van der Waals surface area contributed by atoms with Crippen molar-refractivity contribution in [2.75, 3.05) is 7.11 Å². The zero-order valence-electron chi connectivity index (χ0n) is 9.85. The van der Waals surface area contributed by atoms with Crippen molar-refractivity contribution in [3.8, 4) is 5.75 Å². The van der Waals surface area contributed by atoms with E-state index >= 15 is 0 Å². The molecule has 90 valence electrons. The number of rotatable bonds is 4. The molecule has 0 spiro atoms. The predicted octanol–water partition coefficient (Wildman–Crippen LogP) is 2.26. The molecule has 17 heavy (non-hydrogen) atoms. The molecule has 0 saturated carbocycles. The molecule has 1 aromatic carbocycles. The van der Waals surface area contributed by atoms with Gasteiger partial charge in [-0.1, -0.05) is 16.8 Å². The van der Waals surface area contributed by atoms with Crippen LogP contribution in [-0.4, -0.2) is 22.1 Å². The second kappa shape index (κ2) is 5.19. The standard InChI is InChI=1S/C12H14ClN3O/c1-16-8-11(14-15-16)5-3-9-7-10(13)4-6-12(9)17-2/h4,6-8H,3,5H2,1-2H3. The molecule has 0 amide bonds. The molecule has 0 bridgehead atoms. The van der Waals surface area contributed by atoms with Gasteiger partial charge in [0.2, 0.25) is 0 Å². The van der Waals surface area contributed by atoms with E-state index in [4.69, 9.17) is 16.3 Å². The van der Waals surface area contributed by atoms with Gasteiger partial charge in [0.25, 0.3) is 0 Å². The Bertz CT molecular complexity index is 510. The van der Waals surface area contributed by atoms with E-state index < -0.39 is 0 Å². The number of nitrogens with zero attached hydrogens (tertiary/aromatic N) is 3. The number of hydrogen-bond acceptors (Lipinski definition) is 3. The molecule has 4 nitrogen and oxygen atoms in total. The Kier molecular flexibility index (Phi) is 3.64. The van der Waals surface area contributed by atoms with Crippen molar-refractivity contribution < 1.29 is 4.74 Å². The third kappa shape index (κ3) is 2.97. The third-order valence-corrected chi connectivity index (χ3v) is 2.78. The van der Waals surface area contributed by atoms with Crippen LogP contribution in [0.25, 0.3) is 0 Å². The maximum atomic E-state index is 5.97. The van der Waals surface area contributed by atoms with Gasteiger partial charge in [0, 0.05) is 18.3 Å². The fourth-order valence-corrected chi connectivity index (χ4v) is 1.91. The van der Waals surface area contributed by atoms with E-state index in [0.717, 1.165) is 34.9 Å². The van der Waals surface area contributed by atoms with Gasteiger partial charge in [-0.15, -0.1) is 5.10 Å². The highest BCUT2D eigenvalue weighted by atomic mass is 35.5. The Hall–Kier alpha value is -1.55. The van der Waals surface area contributed by atoms with Gasteiger partial charge < -0.3 is 4.74 Å². The first kappa shape index (κ1) is 11.9. The minimum Gasteiger partial charge on any atom is -0.496 e. The van der Waals surface area contributed by atoms with Gasteiger partial charge in [-0.3, -0.25) is 4.68 Å². The highest BCUT2D eigenvalue weighted by Crippen LogP contribution is 2.23. The van der Waals surface area contributed by atoms with Gasteiger partial charge in [0.15, 0.2) is 0 Å². The van der Waals surface area contributed by atoms with Crippen LogP contribution in [0, 0.1) is 0 Å². The fraction of sp³-hybridized carbons (Fsp3) is 0.333. The maximum Gasteiger partial charge on any atom is 0.122 e. The lowest BCUT2D eigenvalue weighted by Gasteiger charge is -2.07. The minimum absolute atomic E-state index is 0.722. The van der Waals surface area contributed by atoms with Gasteiger partial charge in [0.05, 0.1) is 12.8 Å². The van der Waals surface area contributed by atoms with E-state index in [1.165, 1.54) is 0 Å². The Morgan fingerprint density at radius 1 is 1.35 bits per heavy atom. The van der Waals surface area contributed by atoms with E-state index in [9.17, 15) is 0 Å². The number of hydrogen-bond donors (Lipinski definition) is 0. The van der Waals surface area contributed by atoms with Crippen LogP contribution in [0.2, 0.25) is 5.02 Å². The molecule has 0 aliphatic rings. The van der Waals surface area contributed by atoms with E-state index in [0.29, 0.717) is 0 Å². The normalized spacial score (nSPS) is 10.5. The topological polar surface area (TPSA) is 39.9 Å². The average Bonchev–Trinajstić information content (AvgIpc) is 2.73. The molecule has 2 rings (SSSR count). The summed E-state index contributed by atoms with van der Waals surface area (Å²) in [6.45, 7) is 0. The number of aromatic nitrogens is 3. The lowest BCUT2D eigenvalue weighted by molar-refractivity contribution is 0.409. The van der Waals surface area contributed by atoms with Crippen molar-refractivity contribution >= 4 is 11.6 Å². The van der Waals surface area contributed by atoms with E-state index in [1.54, 1.807) is 11.8 Å². The van der Waals surface area contributed by atoms with Gasteiger partial charge >= 0.3 is 0 Å². The van der Waals surface area contributed by atoms with Crippen molar-refractivity contribution in [3.63, 3.8) is 0 Å². The largest absolute Gasteiger partial charge is 0.496 e. The van der Waals surface area contributed by atoms with Crippen LogP contribution in [0.5, 0.6) is 5.75 Å². The van der Waals surface area contributed by atoms with Crippen LogP contribution in [0.4, 0.5) is 0 Å². The lowest BCUT2D eigenvalue weighted by atomic mass is 10.1. The summed E-state index contributed by atoms with van der Waals surface area (Å²) in [6, 6.07) is 5.64. The molecule has 0 unspecified atom stereocenters. The van der Waals surface area contributed by atoms with Crippen LogP contribution in [0.15, 0.2) is 24.4 Å². The monoisotopic (exact) mass is 251 g/mol. The smallest absolute Gasteiger partial charge is 0.122 e. The van der Waals surface area contributed by atoms with Crippen molar-refractivity contribution in [3.05, 3.63) is 40.7 Å². The SMILES string of the molecule is COc1ccc(Cl)cc1CCc1cn(C)nn1. The molecule has 2 aromatic rings. The number of ether oxygens (including phenoxy) is 1. The molecular formula is C12H14ClN3O. The molecule has 1 aromatic heterocycles. The predicted molar refractivity (Wildman–Crippen MR) is 66.4 cm³/mol. The van der Waals surface area contributed by atoms with E-state index in [1.807, 2.05) is 31.4 Å². The summed E-state index contributed by atoms with van der Waals surface area (Å²) in [5.74, 6) is 0.860. The maximum absolute atomic E-state index is 5.97. The molecular weight excluding hydrogens is 238 g/mol. The zero-order chi connectivity index (χ0) is 12.3. The molecule has 1 heterocycles. The van der Waals surface area contributed by atoms with Gasteiger partial charge in [-0.25, -0.2) is 0 Å². The summed E-state index contributed by atoms with van der Waals surface area (Å²) >= 11 is 5.97. The lowest BCUT2D eigenvalue weighted by Crippen LogP contribution is -1.96. The first-order chi connectivity index (χ1) is 8.19. The Morgan fingerprint density at radius 2 is 2.18 bits per heavy atom. The van der Waals surface area contributed by atoms with Gasteiger partial charge in [-0.05, 0) is 36.6 Å². The summed E-state index contributed by atoms with van der Waals surface area (Å²) < 4.78 is 6.99. The second-order valence-electron chi connectivity index (χ2n) is 3.84. The number of aryl methyl sites for hydroxylation is 3. The zero-order valence-corrected chi connectivity index (χ0v) is 10.6. The summed E-state index contributed by atoms with van der Waals surface area (Å²) in [5, 5.41) is 8.67. The summed E-state index contributed by atoms with van der Waals surface area (Å²) in [7, 11) is 3.52. The molecule has 0 aliphatic heterocycles. The fourth-order valence-electron chi connectivity index (χ4n) is 1.72. The first-order valence-corrected chi connectivity index (χ1v) is 5.74. The van der Waals surface area contributed by atoms with Crippen LogP contribution < -0.4 is 4.74 Å². The van der Waals surface area contributed by atoms with Crippen LogP contribution in [-0.2, 0) is 19.9 Å². The molecule has 0 atom stereocenters. The Labute approximate surface area is 105 Å². The van der Waals surface area contributed by atoms with E-state index in [2.05, 4.69) is 10.3 Å². The molecule has 0 saturated heterocycles. The van der Waals surface area contributed by atoms with Crippen LogP contribution in [0.3, 0.4) is 0 Å². The summed E-state index contributed by atoms with van der Waals surface area (Å²) in [5.41, 5.74) is 2.06. The minimum atomic E-state index is 0.722. The molecule has 5 heteroatoms. The third-order valence-electron chi connectivity index (χ3n) is 2.54. The highest BCUT2D eigenvalue weighted by molar-refractivity contribution is 6.30. The van der Waals surface area contributed by atoms with Crippen molar-refractivity contribution in [2.24, 2.45) is 7.05 Å². The second-order valence-corrected chi connectivity index (χ2v) is 4.28. The number of methoxy groups -OCH3 is 1. The van der Waals surface area contributed by atoms with Gasteiger partial charge in [0.1, 0.15) is 5.75 Å². The van der Waals surface area contributed by atoms with Crippen molar-refractivity contribution in [2.45, 2.75) is 12.8 Å². The molecule has 0 N–H and O–H groups in total. The Morgan fingerprint density at radius 3 is 2.82 bits per heavy atom. The highest BCUT2D eigenvalue weighted by Gasteiger charge is 2.06. The summed E-state index contributed by atoms with van der Waals surface area (Å²) in [4.78, 5) is 0. The quantitative estimate of drug-likeness (QED) is 0.837. The van der Waals surface area contributed by atoms with Crippen molar-refractivity contribution in [1.29, 1.82) is 0 Å².